The molecule has 4 saturated heterocycles. The van der Waals surface area contributed by atoms with Gasteiger partial charge >= 0.3 is 11.9 Å². The number of ketones is 1. The van der Waals surface area contributed by atoms with Crippen LogP contribution in [0.1, 0.15) is 36.5 Å². The highest BCUT2D eigenvalue weighted by Gasteiger charge is 2.71. The lowest BCUT2D eigenvalue weighted by molar-refractivity contribution is -0.363. The van der Waals surface area contributed by atoms with Gasteiger partial charge in [0, 0.05) is 12.3 Å². The van der Waals surface area contributed by atoms with E-state index in [0.29, 0.717) is 0 Å². The van der Waals surface area contributed by atoms with E-state index >= 15 is 0 Å². The zero-order valence-corrected chi connectivity index (χ0v) is 27.9. The van der Waals surface area contributed by atoms with Crippen molar-refractivity contribution < 1.29 is 93.5 Å². The van der Waals surface area contributed by atoms with Crippen LogP contribution in [0.15, 0.2) is 30.3 Å². The lowest BCUT2D eigenvalue weighted by Gasteiger charge is -2.46. The molecule has 5 aliphatic rings. The topological polar surface area (TPSA) is 298 Å². The predicted octanol–water partition coefficient (Wildman–Crippen LogP) is -4.40. The SMILES string of the molecule is C[C@@H]1CO[C@@]2(C[C@@H]1OC(=O)c1ccccc1)O[C@@H]1C[C@@H](C(=O)O[C@@H]3O[C@H](CO)[C@@H](O)[C@H](O)[C@H]3O[C@@H]3O[C@H](CO)[C@@H](O)[C@H](O)[C@H]3O)C[C@@H](O)[C@]1(O)C2=O. The Bertz CT molecular complexity index is 1450. The first-order valence-electron chi connectivity index (χ1n) is 17.0. The van der Waals surface area contributed by atoms with Gasteiger partial charge in [0.2, 0.25) is 17.9 Å². The maximum atomic E-state index is 13.8. The Balaban J connectivity index is 1.17. The Morgan fingerprint density at radius 1 is 0.846 bits per heavy atom. The lowest BCUT2D eigenvalue weighted by Crippen LogP contribution is -2.65. The molecular formula is C33H44O19. The highest BCUT2D eigenvalue weighted by Crippen LogP contribution is 2.50. The lowest BCUT2D eigenvalue weighted by atomic mass is 9.72. The molecule has 0 radical (unpaired) electrons. The second-order valence-corrected chi connectivity index (χ2v) is 13.9. The molecule has 4 heterocycles. The summed E-state index contributed by atoms with van der Waals surface area (Å²) in [6, 6.07) is 8.15. The monoisotopic (exact) mass is 744 g/mol. The van der Waals surface area contributed by atoms with Crippen LogP contribution in [0.5, 0.6) is 0 Å². The first kappa shape index (κ1) is 39.0. The number of ether oxygens (including phenoxy) is 7. The Kier molecular flexibility index (Phi) is 11.4. The van der Waals surface area contributed by atoms with Crippen LogP contribution < -0.4 is 0 Å². The van der Waals surface area contributed by atoms with Gasteiger partial charge in [0.05, 0.1) is 37.4 Å². The van der Waals surface area contributed by atoms with Crippen molar-refractivity contribution in [1.82, 2.24) is 0 Å². The van der Waals surface area contributed by atoms with Crippen molar-refractivity contribution in [2.75, 3.05) is 19.8 Å². The molecule has 0 unspecified atom stereocenters. The Morgan fingerprint density at radius 2 is 1.48 bits per heavy atom. The fraction of sp³-hybridized carbons (Fsp3) is 0.727. The average molecular weight is 745 g/mol. The number of esters is 2. The minimum atomic E-state index is -2.52. The fourth-order valence-corrected chi connectivity index (χ4v) is 7.33. The molecule has 0 amide bonds. The Labute approximate surface area is 296 Å². The van der Waals surface area contributed by atoms with Gasteiger partial charge in [-0.25, -0.2) is 4.79 Å². The summed E-state index contributed by atoms with van der Waals surface area (Å²) in [5.74, 6) is -6.57. The third-order valence-corrected chi connectivity index (χ3v) is 10.5. The van der Waals surface area contributed by atoms with Crippen LogP contribution in [0.25, 0.3) is 0 Å². The van der Waals surface area contributed by atoms with E-state index in [-0.39, 0.29) is 24.5 Å². The second kappa shape index (κ2) is 15.2. The molecule has 1 aliphatic carbocycles. The summed E-state index contributed by atoms with van der Waals surface area (Å²) in [6.45, 7) is -0.0430. The smallest absolute Gasteiger partial charge is 0.338 e. The van der Waals surface area contributed by atoms with Gasteiger partial charge in [0.15, 0.2) is 18.0 Å². The molecule has 1 aromatic rings. The molecule has 19 nitrogen and oxygen atoms in total. The van der Waals surface area contributed by atoms with E-state index in [9.17, 15) is 60.3 Å². The van der Waals surface area contributed by atoms with Gasteiger partial charge in [0.25, 0.3) is 0 Å². The van der Waals surface area contributed by atoms with E-state index in [1.807, 2.05) is 0 Å². The minimum Gasteiger partial charge on any atom is -0.458 e. The molecular weight excluding hydrogens is 700 g/mol. The fourth-order valence-electron chi connectivity index (χ4n) is 7.33. The summed E-state index contributed by atoms with van der Waals surface area (Å²) in [5, 5.41) is 94.1. The maximum absolute atomic E-state index is 13.8. The number of hydrogen-bond donors (Lipinski definition) is 9. The van der Waals surface area contributed by atoms with Gasteiger partial charge in [-0.15, -0.1) is 0 Å². The number of carbonyl (C=O) groups is 3. The highest BCUT2D eigenvalue weighted by molar-refractivity contribution is 5.97. The molecule has 4 aliphatic heterocycles. The van der Waals surface area contributed by atoms with E-state index in [4.69, 9.17) is 33.2 Å². The van der Waals surface area contributed by atoms with Crippen LogP contribution >= 0.6 is 0 Å². The van der Waals surface area contributed by atoms with Crippen LogP contribution in [-0.2, 0) is 42.7 Å². The number of rotatable bonds is 8. The van der Waals surface area contributed by atoms with Crippen LogP contribution in [0.4, 0.5) is 0 Å². The van der Waals surface area contributed by atoms with Gasteiger partial charge in [-0.05, 0) is 25.0 Å². The number of benzene rings is 1. The summed E-state index contributed by atoms with van der Waals surface area (Å²) >= 11 is 0. The minimum absolute atomic E-state index is 0.113. The van der Waals surface area contributed by atoms with Gasteiger partial charge in [-0.2, -0.15) is 0 Å². The standard InChI is InChI=1S/C33H44O19/c1-13-12-46-32(9-16(13)47-27(42)14-5-3-2-4-6-14)31(44)33(45)19(36)7-15(8-20(33)52-32)28(43)51-30-26(24(40)22(38)18(11-35)49-30)50-29-25(41)23(39)21(37)17(10-34)48-29/h2-6,13,15-26,29-30,34-41,45H,7-12H2,1H3/t13-,15+,16+,17-,18-,19-,20-,21-,22-,23+,24+,25-,26-,29+,30+,32+,33-/m1/s1. The van der Waals surface area contributed by atoms with E-state index in [2.05, 4.69) is 0 Å². The first-order chi connectivity index (χ1) is 24.6. The average Bonchev–Trinajstić information content (AvgIpc) is 3.35. The zero-order valence-electron chi connectivity index (χ0n) is 27.9. The molecule has 17 atom stereocenters. The maximum Gasteiger partial charge on any atom is 0.338 e. The first-order valence-corrected chi connectivity index (χ1v) is 17.0. The number of aliphatic hydroxyl groups is 9. The van der Waals surface area contributed by atoms with Gasteiger partial charge in [-0.3, -0.25) is 9.59 Å². The number of hydrogen-bond acceptors (Lipinski definition) is 19. The number of carbonyl (C=O) groups excluding carboxylic acids is 3. The van der Waals surface area contributed by atoms with Crippen LogP contribution in [0, 0.1) is 11.8 Å². The normalized spacial score (nSPS) is 46.4. The number of Topliss-reactive ketones (excluding diaryl/α,β-unsaturated/α-hetero) is 1. The third-order valence-electron chi connectivity index (χ3n) is 10.5. The van der Waals surface area contributed by atoms with Gasteiger partial charge in [0.1, 0.15) is 54.9 Å². The van der Waals surface area contributed by atoms with Crippen molar-refractivity contribution in [3.8, 4) is 0 Å². The van der Waals surface area contributed by atoms with Crippen molar-refractivity contribution in [3.63, 3.8) is 0 Å². The van der Waals surface area contributed by atoms with Crippen LogP contribution in [0.2, 0.25) is 0 Å². The molecule has 290 valence electrons. The zero-order chi connectivity index (χ0) is 37.7. The molecule has 1 saturated carbocycles. The summed E-state index contributed by atoms with van der Waals surface area (Å²) in [7, 11) is 0. The van der Waals surface area contributed by atoms with Crippen molar-refractivity contribution in [1.29, 1.82) is 0 Å². The molecule has 0 aromatic heterocycles. The number of aliphatic hydroxyl groups excluding tert-OH is 8. The van der Waals surface area contributed by atoms with Crippen LogP contribution in [-0.4, -0.2) is 175 Å². The molecule has 6 rings (SSSR count). The molecule has 1 spiro atoms. The molecule has 1 aromatic carbocycles. The third kappa shape index (κ3) is 6.88. The molecule has 9 N–H and O–H groups in total. The summed E-state index contributed by atoms with van der Waals surface area (Å²) < 4.78 is 39.4. The van der Waals surface area contributed by atoms with Crippen molar-refractivity contribution in [2.45, 2.75) is 117 Å². The molecule has 52 heavy (non-hydrogen) atoms. The van der Waals surface area contributed by atoms with Crippen LogP contribution in [0.3, 0.4) is 0 Å². The molecule has 5 fully saturated rings. The van der Waals surface area contributed by atoms with E-state index in [0.717, 1.165) is 0 Å². The Morgan fingerprint density at radius 3 is 2.13 bits per heavy atom. The van der Waals surface area contributed by atoms with Crippen molar-refractivity contribution in [2.24, 2.45) is 11.8 Å². The van der Waals surface area contributed by atoms with Crippen molar-refractivity contribution in [3.05, 3.63) is 35.9 Å². The second-order valence-electron chi connectivity index (χ2n) is 13.9. The van der Waals surface area contributed by atoms with Gasteiger partial charge < -0.3 is 79.1 Å². The molecule has 19 heteroatoms. The summed E-state index contributed by atoms with van der Waals surface area (Å²) in [6.07, 6.45) is -23.4. The summed E-state index contributed by atoms with van der Waals surface area (Å²) in [4.78, 5) is 40.3. The van der Waals surface area contributed by atoms with E-state index < -0.39 is 141 Å². The largest absolute Gasteiger partial charge is 0.458 e. The quantitative estimate of drug-likeness (QED) is 0.114. The van der Waals surface area contributed by atoms with E-state index in [1.165, 1.54) is 0 Å². The predicted molar refractivity (Wildman–Crippen MR) is 164 cm³/mol. The van der Waals surface area contributed by atoms with Crippen molar-refractivity contribution >= 4 is 17.7 Å². The summed E-state index contributed by atoms with van der Waals surface area (Å²) in [5.41, 5.74) is -2.25. The highest BCUT2D eigenvalue weighted by atomic mass is 16.8. The molecule has 0 bridgehead atoms. The Hall–Kier alpha value is -2.73. The van der Waals surface area contributed by atoms with E-state index in [1.54, 1.807) is 37.3 Å². The number of fused-ring (bicyclic) bond motifs is 1. The van der Waals surface area contributed by atoms with Gasteiger partial charge in [-0.1, -0.05) is 25.1 Å².